The lowest BCUT2D eigenvalue weighted by Crippen LogP contribution is -2.29. The van der Waals surface area contributed by atoms with Gasteiger partial charge in [0.15, 0.2) is 0 Å². The van der Waals surface area contributed by atoms with Gasteiger partial charge in [0.1, 0.15) is 6.61 Å². The zero-order valence-corrected chi connectivity index (χ0v) is 10.2. The molecule has 1 aliphatic rings. The number of thioether (sulfide) groups is 1. The smallest absolute Gasteiger partial charge is 0.308 e. The summed E-state index contributed by atoms with van der Waals surface area (Å²) in [5.74, 6) is -0.0689. The van der Waals surface area contributed by atoms with Gasteiger partial charge in [0.25, 0.3) is 0 Å². The number of carbonyl (C=O) groups is 1. The molecular formula is C11H20O2S. The molecule has 1 rings (SSSR count). The summed E-state index contributed by atoms with van der Waals surface area (Å²) in [6, 6.07) is 0. The molecule has 0 bridgehead atoms. The van der Waals surface area contributed by atoms with E-state index in [-0.39, 0.29) is 16.6 Å². The third-order valence-electron chi connectivity index (χ3n) is 2.90. The van der Waals surface area contributed by atoms with Gasteiger partial charge in [-0.25, -0.2) is 0 Å². The highest BCUT2D eigenvalue weighted by Crippen LogP contribution is 2.40. The highest BCUT2D eigenvalue weighted by Gasteiger charge is 2.34. The van der Waals surface area contributed by atoms with Crippen molar-refractivity contribution in [3.05, 3.63) is 0 Å². The van der Waals surface area contributed by atoms with Crippen LogP contribution in [0.4, 0.5) is 0 Å². The molecule has 0 aliphatic heterocycles. The molecule has 0 heterocycles. The normalized spacial score (nSPS) is 20.0. The van der Waals surface area contributed by atoms with Crippen molar-refractivity contribution in [2.45, 2.75) is 44.3 Å². The van der Waals surface area contributed by atoms with Crippen molar-refractivity contribution < 1.29 is 9.53 Å². The average molecular weight is 216 g/mol. The first-order valence-corrected chi connectivity index (χ1v) is 6.54. The van der Waals surface area contributed by atoms with E-state index in [2.05, 4.69) is 6.26 Å². The Morgan fingerprint density at radius 3 is 2.43 bits per heavy atom. The molecule has 0 spiro atoms. The van der Waals surface area contributed by atoms with Crippen molar-refractivity contribution in [3.8, 4) is 0 Å². The van der Waals surface area contributed by atoms with Crippen LogP contribution in [0.15, 0.2) is 0 Å². The van der Waals surface area contributed by atoms with Crippen LogP contribution in [0.3, 0.4) is 0 Å². The predicted molar refractivity (Wildman–Crippen MR) is 60.5 cm³/mol. The van der Waals surface area contributed by atoms with Crippen LogP contribution in [0.1, 0.15) is 39.5 Å². The lowest BCUT2D eigenvalue weighted by Gasteiger charge is -2.26. The Bertz CT molecular complexity index is 195. The fourth-order valence-corrected chi connectivity index (χ4v) is 2.67. The van der Waals surface area contributed by atoms with E-state index >= 15 is 0 Å². The first-order chi connectivity index (χ1) is 6.59. The van der Waals surface area contributed by atoms with Crippen LogP contribution in [0, 0.1) is 5.92 Å². The summed E-state index contributed by atoms with van der Waals surface area (Å²) in [6.07, 6.45) is 7.06. The fraction of sp³-hybridized carbons (Fsp3) is 0.909. The molecule has 0 aromatic heterocycles. The Morgan fingerprint density at radius 2 is 2.00 bits per heavy atom. The zero-order valence-electron chi connectivity index (χ0n) is 9.34. The standard InChI is InChI=1S/C11H20O2S/c1-9(2)10(12)13-8-11(14-3)6-4-5-7-11/h9H,4-8H2,1-3H3. The van der Waals surface area contributed by atoms with E-state index in [0.717, 1.165) is 0 Å². The van der Waals surface area contributed by atoms with Gasteiger partial charge in [-0.05, 0) is 19.1 Å². The van der Waals surface area contributed by atoms with Crippen molar-refractivity contribution in [1.82, 2.24) is 0 Å². The second-order valence-electron chi connectivity index (χ2n) is 4.36. The van der Waals surface area contributed by atoms with Crippen molar-refractivity contribution in [2.75, 3.05) is 12.9 Å². The molecule has 0 aromatic carbocycles. The Balaban J connectivity index is 2.38. The molecule has 0 N–H and O–H groups in total. The maximum absolute atomic E-state index is 11.3. The maximum atomic E-state index is 11.3. The molecule has 82 valence electrons. The lowest BCUT2D eigenvalue weighted by molar-refractivity contribution is -0.148. The second-order valence-corrected chi connectivity index (χ2v) is 5.63. The first-order valence-electron chi connectivity index (χ1n) is 5.31. The minimum atomic E-state index is -0.0645. The highest BCUT2D eigenvalue weighted by molar-refractivity contribution is 8.00. The quantitative estimate of drug-likeness (QED) is 0.676. The molecule has 1 saturated carbocycles. The van der Waals surface area contributed by atoms with Gasteiger partial charge in [-0.15, -0.1) is 0 Å². The number of carbonyl (C=O) groups excluding carboxylic acids is 1. The van der Waals surface area contributed by atoms with Crippen LogP contribution in [0.5, 0.6) is 0 Å². The van der Waals surface area contributed by atoms with Gasteiger partial charge < -0.3 is 4.74 Å². The van der Waals surface area contributed by atoms with Crippen molar-refractivity contribution in [2.24, 2.45) is 5.92 Å². The molecule has 3 heteroatoms. The highest BCUT2D eigenvalue weighted by atomic mass is 32.2. The Labute approximate surface area is 90.8 Å². The molecule has 0 amide bonds. The van der Waals surface area contributed by atoms with Crippen LogP contribution in [-0.4, -0.2) is 23.6 Å². The van der Waals surface area contributed by atoms with E-state index in [1.807, 2.05) is 25.6 Å². The van der Waals surface area contributed by atoms with Crippen LogP contribution in [0.25, 0.3) is 0 Å². The van der Waals surface area contributed by atoms with E-state index < -0.39 is 0 Å². The third-order valence-corrected chi connectivity index (χ3v) is 4.29. The molecular weight excluding hydrogens is 196 g/mol. The first kappa shape index (κ1) is 11.9. The van der Waals surface area contributed by atoms with Gasteiger partial charge in [0.2, 0.25) is 0 Å². The molecule has 1 aliphatic carbocycles. The summed E-state index contributed by atoms with van der Waals surface area (Å²) in [5.41, 5.74) is 0. The minimum Gasteiger partial charge on any atom is -0.464 e. The Kier molecular flexibility index (Phi) is 4.30. The molecule has 0 unspecified atom stereocenters. The second kappa shape index (κ2) is 5.06. The molecule has 0 radical (unpaired) electrons. The topological polar surface area (TPSA) is 26.3 Å². The van der Waals surface area contributed by atoms with Crippen LogP contribution < -0.4 is 0 Å². The monoisotopic (exact) mass is 216 g/mol. The summed E-state index contributed by atoms with van der Waals surface area (Å²) < 4.78 is 5.55. The SMILES string of the molecule is CSC1(COC(=O)C(C)C)CCCC1. The Morgan fingerprint density at radius 1 is 1.43 bits per heavy atom. The van der Waals surface area contributed by atoms with Gasteiger partial charge in [-0.2, -0.15) is 11.8 Å². The molecule has 0 aromatic rings. The van der Waals surface area contributed by atoms with Crippen LogP contribution in [0.2, 0.25) is 0 Å². The average Bonchev–Trinajstić information content (AvgIpc) is 2.63. The maximum Gasteiger partial charge on any atom is 0.308 e. The summed E-state index contributed by atoms with van der Waals surface area (Å²) in [4.78, 5) is 11.3. The number of hydrogen-bond acceptors (Lipinski definition) is 3. The van der Waals surface area contributed by atoms with Gasteiger partial charge >= 0.3 is 5.97 Å². The van der Waals surface area contributed by atoms with Gasteiger partial charge in [-0.1, -0.05) is 26.7 Å². The largest absolute Gasteiger partial charge is 0.464 e. The number of rotatable bonds is 4. The fourth-order valence-electron chi connectivity index (χ4n) is 1.80. The van der Waals surface area contributed by atoms with Crippen molar-refractivity contribution in [1.29, 1.82) is 0 Å². The summed E-state index contributed by atoms with van der Waals surface area (Å²) in [6.45, 7) is 4.36. The number of ether oxygens (including phenoxy) is 1. The molecule has 1 fully saturated rings. The molecule has 0 atom stereocenters. The number of hydrogen-bond donors (Lipinski definition) is 0. The molecule has 2 nitrogen and oxygen atoms in total. The van der Waals surface area contributed by atoms with Gasteiger partial charge in [0.05, 0.1) is 5.92 Å². The van der Waals surface area contributed by atoms with E-state index in [1.54, 1.807) is 0 Å². The molecule has 14 heavy (non-hydrogen) atoms. The minimum absolute atomic E-state index is 0.00434. The van der Waals surface area contributed by atoms with E-state index in [9.17, 15) is 4.79 Å². The Hall–Kier alpha value is -0.180. The van der Waals surface area contributed by atoms with E-state index in [1.165, 1.54) is 25.7 Å². The van der Waals surface area contributed by atoms with Crippen LogP contribution in [-0.2, 0) is 9.53 Å². The lowest BCUT2D eigenvalue weighted by atomic mass is 10.1. The summed E-state index contributed by atoms with van der Waals surface area (Å²) in [7, 11) is 0. The van der Waals surface area contributed by atoms with E-state index in [4.69, 9.17) is 4.74 Å². The van der Waals surface area contributed by atoms with Gasteiger partial charge in [0, 0.05) is 4.75 Å². The molecule has 0 saturated heterocycles. The van der Waals surface area contributed by atoms with Gasteiger partial charge in [-0.3, -0.25) is 4.79 Å². The van der Waals surface area contributed by atoms with E-state index in [0.29, 0.717) is 6.61 Å². The third kappa shape index (κ3) is 2.91. The van der Waals surface area contributed by atoms with Crippen molar-refractivity contribution in [3.63, 3.8) is 0 Å². The summed E-state index contributed by atoms with van der Waals surface area (Å²) in [5, 5.41) is 0. The van der Waals surface area contributed by atoms with Crippen molar-refractivity contribution >= 4 is 17.7 Å². The summed E-state index contributed by atoms with van der Waals surface area (Å²) >= 11 is 1.86. The predicted octanol–water partition coefficient (Wildman–Crippen LogP) is 2.86. The number of esters is 1. The zero-order chi connectivity index (χ0) is 10.6. The van der Waals surface area contributed by atoms with Crippen LogP contribution >= 0.6 is 11.8 Å².